The molecule has 1 aromatic carbocycles. The zero-order chi connectivity index (χ0) is 12.6. The smallest absolute Gasteiger partial charge is 0.223 e. The average molecular weight is 276 g/mol. The first-order valence-corrected chi connectivity index (χ1v) is 6.19. The average Bonchev–Trinajstić information content (AvgIpc) is 3.06. The Balaban J connectivity index is 2.15. The maximum atomic E-state index is 13.3. The third kappa shape index (κ3) is 2.90. The lowest BCUT2D eigenvalue weighted by Gasteiger charge is -2.16. The van der Waals surface area contributed by atoms with Gasteiger partial charge in [-0.1, -0.05) is 23.2 Å². The van der Waals surface area contributed by atoms with Crippen molar-refractivity contribution in [3.05, 3.63) is 33.6 Å². The van der Waals surface area contributed by atoms with Crippen LogP contribution in [0.15, 0.2) is 12.1 Å². The van der Waals surface area contributed by atoms with E-state index in [9.17, 15) is 9.18 Å². The van der Waals surface area contributed by atoms with Gasteiger partial charge < -0.3 is 5.32 Å². The molecule has 1 saturated carbocycles. The SMILES string of the molecule is C[C@H](NC(=O)C1CC1)c1cc(F)c(Cl)cc1Cl. The van der Waals surface area contributed by atoms with Crippen LogP contribution >= 0.6 is 23.2 Å². The van der Waals surface area contributed by atoms with Crippen LogP contribution in [0.25, 0.3) is 0 Å². The summed E-state index contributed by atoms with van der Waals surface area (Å²) in [6.45, 7) is 1.77. The molecule has 2 rings (SSSR count). The first-order valence-electron chi connectivity index (χ1n) is 5.44. The summed E-state index contributed by atoms with van der Waals surface area (Å²) in [4.78, 5) is 11.6. The molecule has 5 heteroatoms. The van der Waals surface area contributed by atoms with Crippen molar-refractivity contribution in [2.24, 2.45) is 5.92 Å². The summed E-state index contributed by atoms with van der Waals surface area (Å²) in [6, 6.07) is 2.30. The highest BCUT2D eigenvalue weighted by molar-refractivity contribution is 6.35. The number of nitrogens with one attached hydrogen (secondary N) is 1. The molecular weight excluding hydrogens is 264 g/mol. The van der Waals surface area contributed by atoms with Crippen LogP contribution in [0, 0.1) is 11.7 Å². The molecule has 1 aliphatic carbocycles. The second kappa shape index (κ2) is 4.83. The van der Waals surface area contributed by atoms with Crippen LogP contribution in [0.2, 0.25) is 10.0 Å². The van der Waals surface area contributed by atoms with Gasteiger partial charge in [-0.15, -0.1) is 0 Å². The third-order valence-corrected chi connectivity index (χ3v) is 3.43. The molecule has 1 fully saturated rings. The molecule has 1 aromatic rings. The van der Waals surface area contributed by atoms with Crippen LogP contribution in [0.1, 0.15) is 31.4 Å². The van der Waals surface area contributed by atoms with E-state index >= 15 is 0 Å². The van der Waals surface area contributed by atoms with E-state index in [1.165, 1.54) is 12.1 Å². The zero-order valence-corrected chi connectivity index (χ0v) is 10.8. The molecule has 0 aliphatic heterocycles. The predicted molar refractivity (Wildman–Crippen MR) is 65.7 cm³/mol. The van der Waals surface area contributed by atoms with E-state index < -0.39 is 5.82 Å². The molecule has 1 amide bonds. The zero-order valence-electron chi connectivity index (χ0n) is 9.27. The van der Waals surface area contributed by atoms with Crippen LogP contribution in [0.4, 0.5) is 4.39 Å². The molecular formula is C12H12Cl2FNO. The molecule has 2 nitrogen and oxygen atoms in total. The number of halogens is 3. The molecule has 1 aliphatic rings. The normalized spacial score (nSPS) is 16.7. The van der Waals surface area contributed by atoms with Gasteiger partial charge in [-0.25, -0.2) is 4.39 Å². The minimum absolute atomic E-state index is 0.00363. The van der Waals surface area contributed by atoms with Gasteiger partial charge in [-0.3, -0.25) is 4.79 Å². The summed E-state index contributed by atoms with van der Waals surface area (Å²) >= 11 is 11.6. The highest BCUT2D eigenvalue weighted by Gasteiger charge is 2.30. The Kier molecular flexibility index (Phi) is 3.59. The Morgan fingerprint density at radius 3 is 2.65 bits per heavy atom. The van der Waals surface area contributed by atoms with Crippen LogP contribution in [0.5, 0.6) is 0 Å². The van der Waals surface area contributed by atoms with Crippen molar-refractivity contribution in [3.8, 4) is 0 Å². The van der Waals surface area contributed by atoms with Crippen LogP contribution in [0.3, 0.4) is 0 Å². The number of amides is 1. The highest BCUT2D eigenvalue weighted by atomic mass is 35.5. The van der Waals surface area contributed by atoms with Gasteiger partial charge in [-0.2, -0.15) is 0 Å². The van der Waals surface area contributed by atoms with Crippen molar-refractivity contribution >= 4 is 29.1 Å². The lowest BCUT2D eigenvalue weighted by Crippen LogP contribution is -2.28. The quantitative estimate of drug-likeness (QED) is 0.837. The molecule has 1 atom stereocenters. The summed E-state index contributed by atoms with van der Waals surface area (Å²) in [5.74, 6) is -0.407. The first kappa shape index (κ1) is 12.7. The fourth-order valence-electron chi connectivity index (χ4n) is 1.62. The van der Waals surface area contributed by atoms with Gasteiger partial charge >= 0.3 is 0 Å². The van der Waals surface area contributed by atoms with E-state index in [1.54, 1.807) is 6.92 Å². The Bertz CT molecular complexity index is 460. The standard InChI is InChI=1S/C12H12Cl2FNO/c1-6(16-12(17)7-2-3-7)8-4-11(15)10(14)5-9(8)13/h4-7H,2-3H2,1H3,(H,16,17)/t6-/m0/s1. The Labute approximate surface area is 109 Å². The molecule has 0 spiro atoms. The van der Waals surface area contributed by atoms with Crippen molar-refractivity contribution in [2.45, 2.75) is 25.8 Å². The second-order valence-corrected chi connectivity index (χ2v) is 5.11. The fraction of sp³-hybridized carbons (Fsp3) is 0.417. The molecule has 0 radical (unpaired) electrons. The van der Waals surface area contributed by atoms with Crippen molar-refractivity contribution in [3.63, 3.8) is 0 Å². The van der Waals surface area contributed by atoms with E-state index in [0.29, 0.717) is 10.6 Å². The molecule has 92 valence electrons. The maximum absolute atomic E-state index is 13.3. The molecule has 0 bridgehead atoms. The monoisotopic (exact) mass is 275 g/mol. The van der Waals surface area contributed by atoms with Gasteiger partial charge in [0.05, 0.1) is 11.1 Å². The van der Waals surface area contributed by atoms with E-state index in [1.807, 2.05) is 0 Å². The number of carbonyl (C=O) groups excluding carboxylic acids is 1. The van der Waals surface area contributed by atoms with Gasteiger partial charge in [0.15, 0.2) is 0 Å². The van der Waals surface area contributed by atoms with Crippen LogP contribution in [-0.2, 0) is 4.79 Å². The molecule has 17 heavy (non-hydrogen) atoms. The minimum Gasteiger partial charge on any atom is -0.349 e. The van der Waals surface area contributed by atoms with Gasteiger partial charge in [-0.05, 0) is 37.5 Å². The summed E-state index contributed by atoms with van der Waals surface area (Å²) < 4.78 is 13.3. The minimum atomic E-state index is -0.529. The number of rotatable bonds is 3. The lowest BCUT2D eigenvalue weighted by atomic mass is 10.1. The van der Waals surface area contributed by atoms with Gasteiger partial charge in [0.25, 0.3) is 0 Å². The summed E-state index contributed by atoms with van der Waals surface area (Å²) in [5.41, 5.74) is 0.544. The fourth-order valence-corrected chi connectivity index (χ4v) is 2.17. The lowest BCUT2D eigenvalue weighted by molar-refractivity contribution is -0.122. The second-order valence-electron chi connectivity index (χ2n) is 4.29. The molecule has 0 heterocycles. The van der Waals surface area contributed by atoms with Crippen molar-refractivity contribution in [1.29, 1.82) is 0 Å². The van der Waals surface area contributed by atoms with Gasteiger partial charge in [0, 0.05) is 10.9 Å². The van der Waals surface area contributed by atoms with Gasteiger partial charge in [0.1, 0.15) is 5.82 Å². The number of benzene rings is 1. The molecule has 1 N–H and O–H groups in total. The number of carbonyl (C=O) groups is 1. The van der Waals surface area contributed by atoms with Crippen molar-refractivity contribution in [1.82, 2.24) is 5.32 Å². The largest absolute Gasteiger partial charge is 0.349 e. The Morgan fingerprint density at radius 1 is 1.41 bits per heavy atom. The summed E-state index contributed by atoms with van der Waals surface area (Å²) in [6.07, 6.45) is 1.86. The molecule has 0 saturated heterocycles. The van der Waals surface area contributed by atoms with Crippen LogP contribution < -0.4 is 5.32 Å². The van der Waals surface area contributed by atoms with Gasteiger partial charge in [0.2, 0.25) is 5.91 Å². The van der Waals surface area contributed by atoms with Crippen LogP contribution in [-0.4, -0.2) is 5.91 Å². The predicted octanol–water partition coefficient (Wildman–Crippen LogP) is 3.72. The van der Waals surface area contributed by atoms with E-state index in [0.717, 1.165) is 12.8 Å². The van der Waals surface area contributed by atoms with E-state index in [-0.39, 0.29) is 22.9 Å². The Hall–Kier alpha value is -0.800. The Morgan fingerprint density at radius 2 is 2.06 bits per heavy atom. The maximum Gasteiger partial charge on any atom is 0.223 e. The number of hydrogen-bond donors (Lipinski definition) is 1. The van der Waals surface area contributed by atoms with Crippen molar-refractivity contribution in [2.75, 3.05) is 0 Å². The third-order valence-electron chi connectivity index (χ3n) is 2.81. The van der Waals surface area contributed by atoms with Crippen molar-refractivity contribution < 1.29 is 9.18 Å². The van der Waals surface area contributed by atoms with E-state index in [4.69, 9.17) is 23.2 Å². The number of hydrogen-bond acceptors (Lipinski definition) is 1. The topological polar surface area (TPSA) is 29.1 Å². The molecule has 0 unspecified atom stereocenters. The summed E-state index contributed by atoms with van der Waals surface area (Å²) in [5, 5.41) is 3.16. The first-order chi connectivity index (χ1) is 7.99. The molecule has 0 aromatic heterocycles. The highest BCUT2D eigenvalue weighted by Crippen LogP contribution is 2.32. The van der Waals surface area contributed by atoms with E-state index in [2.05, 4.69) is 5.32 Å². The summed E-state index contributed by atoms with van der Waals surface area (Å²) in [7, 11) is 0.